The minimum Gasteiger partial charge on any atom is -0.497 e. The molecule has 0 saturated heterocycles. The van der Waals surface area contributed by atoms with Crippen LogP contribution in [0.5, 0.6) is 5.75 Å². The Morgan fingerprint density at radius 2 is 2.16 bits per heavy atom. The van der Waals surface area contributed by atoms with Gasteiger partial charge in [-0.3, -0.25) is 0 Å². The Bertz CT molecular complexity index is 519. The number of benzene rings is 1. The molecule has 0 unspecified atom stereocenters. The molecule has 102 valence electrons. The first-order valence-corrected chi connectivity index (χ1v) is 6.75. The van der Waals surface area contributed by atoms with Crippen LogP contribution in [0.15, 0.2) is 42.7 Å². The highest BCUT2D eigenvalue weighted by molar-refractivity contribution is 5.30. The average Bonchev–Trinajstić information content (AvgIpc) is 2.93. The van der Waals surface area contributed by atoms with Gasteiger partial charge in [-0.2, -0.15) is 0 Å². The summed E-state index contributed by atoms with van der Waals surface area (Å²) in [7, 11) is 1.70. The molecule has 2 aromatic rings. The molecule has 1 aromatic heterocycles. The van der Waals surface area contributed by atoms with Crippen molar-refractivity contribution in [2.75, 3.05) is 7.11 Å². The molecule has 0 bridgehead atoms. The molecule has 0 aliphatic carbocycles. The lowest BCUT2D eigenvalue weighted by Gasteiger charge is -2.14. The number of hydrogen-bond acceptors (Lipinski definition) is 2. The lowest BCUT2D eigenvalue weighted by atomic mass is 10.1. The summed E-state index contributed by atoms with van der Waals surface area (Å²) in [4.78, 5) is 0. The monoisotopic (exact) mass is 258 g/mol. The maximum Gasteiger partial charge on any atom is 0.119 e. The quantitative estimate of drug-likeness (QED) is 0.859. The van der Waals surface area contributed by atoms with Crippen molar-refractivity contribution in [3.8, 4) is 5.75 Å². The van der Waals surface area contributed by atoms with E-state index in [0.29, 0.717) is 6.04 Å². The molecule has 0 aliphatic rings. The number of aromatic nitrogens is 1. The van der Waals surface area contributed by atoms with E-state index >= 15 is 0 Å². The summed E-state index contributed by atoms with van der Waals surface area (Å²) in [5.41, 5.74) is 2.56. The van der Waals surface area contributed by atoms with Gasteiger partial charge in [0.05, 0.1) is 7.11 Å². The highest BCUT2D eigenvalue weighted by Gasteiger charge is 2.06. The van der Waals surface area contributed by atoms with Crippen molar-refractivity contribution in [1.82, 2.24) is 9.88 Å². The zero-order chi connectivity index (χ0) is 13.7. The Hall–Kier alpha value is -1.74. The number of ether oxygens (including phenoxy) is 1. The molecular weight excluding hydrogens is 236 g/mol. The van der Waals surface area contributed by atoms with Gasteiger partial charge in [0.2, 0.25) is 0 Å². The van der Waals surface area contributed by atoms with E-state index in [1.54, 1.807) is 7.11 Å². The van der Waals surface area contributed by atoms with Gasteiger partial charge in [-0.15, -0.1) is 0 Å². The van der Waals surface area contributed by atoms with Gasteiger partial charge in [0.25, 0.3) is 0 Å². The molecule has 19 heavy (non-hydrogen) atoms. The highest BCUT2D eigenvalue weighted by Crippen LogP contribution is 2.19. The van der Waals surface area contributed by atoms with Gasteiger partial charge in [0.1, 0.15) is 5.75 Å². The van der Waals surface area contributed by atoms with Gasteiger partial charge >= 0.3 is 0 Å². The molecule has 2 rings (SSSR count). The van der Waals surface area contributed by atoms with Crippen LogP contribution < -0.4 is 10.1 Å². The van der Waals surface area contributed by atoms with Crippen molar-refractivity contribution < 1.29 is 4.74 Å². The van der Waals surface area contributed by atoms with Crippen LogP contribution in [0.1, 0.15) is 31.0 Å². The van der Waals surface area contributed by atoms with E-state index in [1.807, 2.05) is 12.1 Å². The minimum absolute atomic E-state index is 0.306. The van der Waals surface area contributed by atoms with Crippen LogP contribution in [0.25, 0.3) is 0 Å². The second kappa shape index (κ2) is 6.43. The van der Waals surface area contributed by atoms with E-state index in [2.05, 4.69) is 54.3 Å². The lowest BCUT2D eigenvalue weighted by Crippen LogP contribution is -2.17. The third kappa shape index (κ3) is 3.61. The Labute approximate surface area is 115 Å². The topological polar surface area (TPSA) is 26.2 Å². The smallest absolute Gasteiger partial charge is 0.119 e. The molecule has 3 heteroatoms. The Balaban J connectivity index is 1.94. The molecule has 0 saturated carbocycles. The van der Waals surface area contributed by atoms with Crippen LogP contribution in [-0.4, -0.2) is 11.7 Å². The number of hydrogen-bond donors (Lipinski definition) is 1. The third-order valence-electron chi connectivity index (χ3n) is 3.38. The number of nitrogens with zero attached hydrogens (tertiary/aromatic N) is 1. The van der Waals surface area contributed by atoms with Gasteiger partial charge in [-0.25, -0.2) is 0 Å². The zero-order valence-electron chi connectivity index (χ0n) is 11.9. The molecule has 1 N–H and O–H groups in total. The van der Waals surface area contributed by atoms with Crippen LogP contribution in [-0.2, 0) is 13.1 Å². The van der Waals surface area contributed by atoms with Crippen molar-refractivity contribution in [3.63, 3.8) is 0 Å². The summed E-state index contributed by atoms with van der Waals surface area (Å²) < 4.78 is 7.44. The largest absolute Gasteiger partial charge is 0.497 e. The Kier molecular flexibility index (Phi) is 4.63. The van der Waals surface area contributed by atoms with Crippen molar-refractivity contribution in [2.24, 2.45) is 0 Å². The molecule has 1 atom stereocenters. The molecule has 0 radical (unpaired) electrons. The third-order valence-corrected chi connectivity index (χ3v) is 3.38. The first-order chi connectivity index (χ1) is 9.22. The second-order valence-electron chi connectivity index (χ2n) is 4.73. The number of aryl methyl sites for hydroxylation is 1. The minimum atomic E-state index is 0.306. The van der Waals surface area contributed by atoms with Gasteiger partial charge in [-0.05, 0) is 43.2 Å². The van der Waals surface area contributed by atoms with Gasteiger partial charge < -0.3 is 14.6 Å². The van der Waals surface area contributed by atoms with E-state index in [4.69, 9.17) is 4.74 Å². The second-order valence-corrected chi connectivity index (χ2v) is 4.73. The predicted molar refractivity (Wildman–Crippen MR) is 78.4 cm³/mol. The van der Waals surface area contributed by atoms with Gasteiger partial charge in [0, 0.05) is 31.5 Å². The number of rotatable bonds is 6. The lowest BCUT2D eigenvalue weighted by molar-refractivity contribution is 0.413. The summed E-state index contributed by atoms with van der Waals surface area (Å²) in [6.07, 6.45) is 4.30. The van der Waals surface area contributed by atoms with Crippen LogP contribution in [0.4, 0.5) is 0 Å². The summed E-state index contributed by atoms with van der Waals surface area (Å²) in [6, 6.07) is 10.7. The fourth-order valence-corrected chi connectivity index (χ4v) is 2.09. The molecule has 0 aliphatic heterocycles. The fraction of sp³-hybridized carbons (Fsp3) is 0.375. The Morgan fingerprint density at radius 3 is 2.84 bits per heavy atom. The summed E-state index contributed by atoms with van der Waals surface area (Å²) >= 11 is 0. The molecule has 0 fully saturated rings. The van der Waals surface area contributed by atoms with E-state index in [1.165, 1.54) is 11.1 Å². The molecule has 0 spiro atoms. The van der Waals surface area contributed by atoms with Crippen LogP contribution in [0.3, 0.4) is 0 Å². The van der Waals surface area contributed by atoms with Crippen LogP contribution in [0, 0.1) is 0 Å². The molecular formula is C16H22N2O. The predicted octanol–water partition coefficient (Wildman–Crippen LogP) is 3.37. The van der Waals surface area contributed by atoms with Crippen LogP contribution in [0.2, 0.25) is 0 Å². The van der Waals surface area contributed by atoms with Crippen LogP contribution >= 0.6 is 0 Å². The summed E-state index contributed by atoms with van der Waals surface area (Å²) in [5.74, 6) is 0.906. The number of nitrogens with one attached hydrogen (secondary N) is 1. The fourth-order valence-electron chi connectivity index (χ4n) is 2.09. The first-order valence-electron chi connectivity index (χ1n) is 6.75. The van der Waals surface area contributed by atoms with Gasteiger partial charge in [0.15, 0.2) is 0 Å². The van der Waals surface area contributed by atoms with Crippen molar-refractivity contribution in [1.29, 1.82) is 0 Å². The normalized spacial score (nSPS) is 12.4. The molecule has 3 nitrogen and oxygen atoms in total. The molecule has 1 heterocycles. The van der Waals surface area contributed by atoms with Gasteiger partial charge in [-0.1, -0.05) is 12.1 Å². The van der Waals surface area contributed by atoms with Crippen molar-refractivity contribution >= 4 is 0 Å². The average molecular weight is 258 g/mol. The van der Waals surface area contributed by atoms with E-state index < -0.39 is 0 Å². The Morgan fingerprint density at radius 1 is 1.32 bits per heavy atom. The van der Waals surface area contributed by atoms with E-state index in [0.717, 1.165) is 18.8 Å². The standard InChI is InChI=1S/C16H22N2O/c1-4-18-9-8-14(12-18)11-17-13(2)15-6-5-7-16(10-15)19-3/h5-10,12-13,17H,4,11H2,1-3H3/t13-/m1/s1. The molecule has 1 aromatic carbocycles. The molecule has 0 amide bonds. The number of methoxy groups -OCH3 is 1. The zero-order valence-corrected chi connectivity index (χ0v) is 11.9. The summed E-state index contributed by atoms with van der Waals surface area (Å²) in [6.45, 7) is 6.22. The maximum atomic E-state index is 5.25. The highest BCUT2D eigenvalue weighted by atomic mass is 16.5. The summed E-state index contributed by atoms with van der Waals surface area (Å²) in [5, 5.41) is 3.54. The van der Waals surface area contributed by atoms with E-state index in [-0.39, 0.29) is 0 Å². The SMILES string of the molecule is CCn1ccc(CN[C@H](C)c2cccc(OC)c2)c1. The van der Waals surface area contributed by atoms with Crippen molar-refractivity contribution in [3.05, 3.63) is 53.9 Å². The maximum absolute atomic E-state index is 5.25. The first kappa shape index (κ1) is 13.7. The van der Waals surface area contributed by atoms with E-state index in [9.17, 15) is 0 Å². The van der Waals surface area contributed by atoms with Crippen molar-refractivity contribution in [2.45, 2.75) is 33.0 Å².